The second-order valence-corrected chi connectivity index (χ2v) is 8.02. The maximum absolute atomic E-state index is 12.0. The number of fused-ring (bicyclic) bond motifs is 1. The molecular weight excluding hydrogens is 302 g/mol. The Bertz CT molecular complexity index is 691. The lowest BCUT2D eigenvalue weighted by atomic mass is 10.1. The van der Waals surface area contributed by atoms with Crippen LogP contribution in [0.4, 0.5) is 0 Å². The maximum atomic E-state index is 12.0. The summed E-state index contributed by atoms with van der Waals surface area (Å²) in [6.07, 6.45) is 7.44. The first kappa shape index (κ1) is 15.3. The minimum atomic E-state index is -3.09. The van der Waals surface area contributed by atoms with E-state index in [2.05, 4.69) is 15.5 Å². The molecule has 0 radical (unpaired) electrons. The Morgan fingerprint density at radius 1 is 1.32 bits per heavy atom. The number of hydrogen-bond acceptors (Lipinski definition) is 4. The van der Waals surface area contributed by atoms with E-state index in [9.17, 15) is 13.2 Å². The zero-order valence-electron chi connectivity index (χ0n) is 12.5. The van der Waals surface area contributed by atoms with Gasteiger partial charge in [0.1, 0.15) is 0 Å². The van der Waals surface area contributed by atoms with Crippen LogP contribution in [0.5, 0.6) is 0 Å². The van der Waals surface area contributed by atoms with Crippen LogP contribution >= 0.6 is 0 Å². The smallest absolute Gasteiger partial charge is 0.220 e. The lowest BCUT2D eigenvalue weighted by molar-refractivity contribution is -0.121. The Morgan fingerprint density at radius 3 is 2.91 bits per heavy atom. The largest absolute Gasteiger partial charge is 0.350 e. The Balaban J connectivity index is 1.54. The van der Waals surface area contributed by atoms with Crippen molar-refractivity contribution < 1.29 is 13.2 Å². The first-order chi connectivity index (χ1) is 10.5. The maximum Gasteiger partial charge on any atom is 0.220 e. The van der Waals surface area contributed by atoms with Gasteiger partial charge in [-0.3, -0.25) is 9.89 Å². The molecule has 2 aliphatic rings. The average Bonchev–Trinajstić information content (AvgIpc) is 2.91. The number of aromatic amines is 1. The van der Waals surface area contributed by atoms with Crippen molar-refractivity contribution in [3.05, 3.63) is 28.4 Å². The number of allylic oxidation sites excluding steroid dienone is 1. The SMILES string of the molecule is O=C(CC1C=CS(=O)(=O)C1)NCc1n[nH]c2c1CCCCC2. The topological polar surface area (TPSA) is 91.9 Å². The third-order valence-corrected chi connectivity index (χ3v) is 5.76. The van der Waals surface area contributed by atoms with Crippen molar-refractivity contribution in [3.63, 3.8) is 0 Å². The lowest BCUT2D eigenvalue weighted by Gasteiger charge is -2.08. The summed E-state index contributed by atoms with van der Waals surface area (Å²) in [5.41, 5.74) is 3.37. The number of H-pyrrole nitrogens is 1. The standard InChI is InChI=1S/C15H21N3O3S/c19-15(8-11-6-7-22(20,21)10-11)16-9-14-12-4-2-1-3-5-13(12)17-18-14/h6-7,11H,1-5,8-10H2,(H,16,19)(H,17,18). The molecule has 0 saturated heterocycles. The molecular formula is C15H21N3O3S. The van der Waals surface area contributed by atoms with Crippen molar-refractivity contribution in [1.29, 1.82) is 0 Å². The summed E-state index contributed by atoms with van der Waals surface area (Å²) in [5, 5.41) is 11.5. The highest BCUT2D eigenvalue weighted by Crippen LogP contribution is 2.22. The van der Waals surface area contributed by atoms with E-state index < -0.39 is 9.84 Å². The molecule has 22 heavy (non-hydrogen) atoms. The molecule has 1 amide bonds. The summed E-state index contributed by atoms with van der Waals surface area (Å²) in [4.78, 5) is 12.0. The fourth-order valence-electron chi connectivity index (χ4n) is 3.13. The number of carbonyl (C=O) groups is 1. The highest BCUT2D eigenvalue weighted by atomic mass is 32.2. The molecule has 0 fully saturated rings. The third kappa shape index (κ3) is 3.58. The molecule has 120 valence electrons. The van der Waals surface area contributed by atoms with Gasteiger partial charge in [0, 0.05) is 23.4 Å². The first-order valence-electron chi connectivity index (χ1n) is 7.76. The van der Waals surface area contributed by atoms with E-state index in [-0.39, 0.29) is 24.0 Å². The van der Waals surface area contributed by atoms with E-state index in [4.69, 9.17) is 0 Å². The zero-order valence-corrected chi connectivity index (χ0v) is 13.3. The van der Waals surface area contributed by atoms with Crippen LogP contribution in [0.25, 0.3) is 0 Å². The van der Waals surface area contributed by atoms with Crippen molar-refractivity contribution in [2.24, 2.45) is 5.92 Å². The number of nitrogens with zero attached hydrogens (tertiary/aromatic N) is 1. The normalized spacial score (nSPS) is 23.0. The first-order valence-corrected chi connectivity index (χ1v) is 9.48. The highest BCUT2D eigenvalue weighted by Gasteiger charge is 2.24. The van der Waals surface area contributed by atoms with Crippen LogP contribution in [0.3, 0.4) is 0 Å². The van der Waals surface area contributed by atoms with Gasteiger partial charge in [-0.25, -0.2) is 8.42 Å². The molecule has 0 aromatic carbocycles. The van der Waals surface area contributed by atoms with Gasteiger partial charge in [0.15, 0.2) is 9.84 Å². The van der Waals surface area contributed by atoms with Gasteiger partial charge in [0.05, 0.1) is 18.0 Å². The molecule has 2 N–H and O–H groups in total. The van der Waals surface area contributed by atoms with Crippen LogP contribution in [-0.4, -0.2) is 30.3 Å². The molecule has 1 aromatic heterocycles. The van der Waals surface area contributed by atoms with Gasteiger partial charge in [0.2, 0.25) is 5.91 Å². The summed E-state index contributed by atoms with van der Waals surface area (Å²) in [5.74, 6) is -0.295. The predicted octanol–water partition coefficient (Wildman–Crippen LogP) is 1.24. The van der Waals surface area contributed by atoms with Crippen molar-refractivity contribution in [2.75, 3.05) is 5.75 Å². The molecule has 1 aromatic rings. The minimum Gasteiger partial charge on any atom is -0.350 e. The van der Waals surface area contributed by atoms with Gasteiger partial charge < -0.3 is 5.32 Å². The van der Waals surface area contributed by atoms with Crippen LogP contribution in [0.15, 0.2) is 11.5 Å². The lowest BCUT2D eigenvalue weighted by Crippen LogP contribution is -2.26. The average molecular weight is 323 g/mol. The van der Waals surface area contributed by atoms with Gasteiger partial charge in [0.25, 0.3) is 0 Å². The Hall–Kier alpha value is -1.63. The third-order valence-electron chi connectivity index (χ3n) is 4.30. The number of carbonyl (C=O) groups excluding carboxylic acids is 1. The van der Waals surface area contributed by atoms with E-state index in [0.717, 1.165) is 25.0 Å². The Labute approximate surface area is 130 Å². The Morgan fingerprint density at radius 2 is 2.14 bits per heavy atom. The number of hydrogen-bond donors (Lipinski definition) is 2. The van der Waals surface area contributed by atoms with E-state index in [1.165, 1.54) is 29.5 Å². The quantitative estimate of drug-likeness (QED) is 0.816. The van der Waals surface area contributed by atoms with Crippen LogP contribution < -0.4 is 5.32 Å². The van der Waals surface area contributed by atoms with Crippen molar-refractivity contribution in [2.45, 2.75) is 45.1 Å². The fourth-order valence-corrected chi connectivity index (χ4v) is 4.53. The second-order valence-electron chi connectivity index (χ2n) is 6.09. The van der Waals surface area contributed by atoms with Crippen LogP contribution in [-0.2, 0) is 34.0 Å². The number of aryl methyl sites for hydroxylation is 1. The summed E-state index contributed by atoms with van der Waals surface area (Å²) in [7, 11) is -3.09. The van der Waals surface area contributed by atoms with E-state index in [0.29, 0.717) is 6.54 Å². The number of aromatic nitrogens is 2. The monoisotopic (exact) mass is 323 g/mol. The van der Waals surface area contributed by atoms with Crippen LogP contribution in [0.2, 0.25) is 0 Å². The molecule has 7 heteroatoms. The molecule has 2 heterocycles. The van der Waals surface area contributed by atoms with Crippen LogP contribution in [0.1, 0.15) is 42.6 Å². The molecule has 6 nitrogen and oxygen atoms in total. The Kier molecular flexibility index (Phi) is 4.33. The van der Waals surface area contributed by atoms with Crippen LogP contribution in [0, 0.1) is 5.92 Å². The number of sulfone groups is 1. The van der Waals surface area contributed by atoms with E-state index in [1.807, 2.05) is 0 Å². The van der Waals surface area contributed by atoms with Gasteiger partial charge in [-0.2, -0.15) is 5.10 Å². The molecule has 1 aliphatic heterocycles. The molecule has 1 atom stereocenters. The van der Waals surface area contributed by atoms with Gasteiger partial charge in [-0.1, -0.05) is 12.5 Å². The molecule has 0 spiro atoms. The number of nitrogens with one attached hydrogen (secondary N) is 2. The van der Waals surface area contributed by atoms with E-state index in [1.54, 1.807) is 6.08 Å². The second kappa shape index (κ2) is 6.24. The summed E-state index contributed by atoms with van der Waals surface area (Å²) < 4.78 is 22.7. The van der Waals surface area contributed by atoms with Crippen molar-refractivity contribution >= 4 is 15.7 Å². The van der Waals surface area contributed by atoms with Crippen molar-refractivity contribution in [1.82, 2.24) is 15.5 Å². The molecule has 0 saturated carbocycles. The molecule has 1 unspecified atom stereocenters. The fraction of sp³-hybridized carbons (Fsp3) is 0.600. The molecule has 1 aliphatic carbocycles. The summed E-state index contributed by atoms with van der Waals surface area (Å²) >= 11 is 0. The minimum absolute atomic E-state index is 0.0399. The molecule has 0 bridgehead atoms. The summed E-state index contributed by atoms with van der Waals surface area (Å²) in [6.45, 7) is 0.411. The van der Waals surface area contributed by atoms with Crippen molar-refractivity contribution in [3.8, 4) is 0 Å². The van der Waals surface area contributed by atoms with Gasteiger partial charge in [-0.05, 0) is 31.2 Å². The van der Waals surface area contributed by atoms with Gasteiger partial charge in [-0.15, -0.1) is 0 Å². The number of rotatable bonds is 4. The highest BCUT2D eigenvalue weighted by molar-refractivity contribution is 7.94. The zero-order chi connectivity index (χ0) is 15.6. The predicted molar refractivity (Wildman–Crippen MR) is 82.7 cm³/mol. The molecule has 3 rings (SSSR count). The summed E-state index contributed by atoms with van der Waals surface area (Å²) in [6, 6.07) is 0. The number of amides is 1. The van der Waals surface area contributed by atoms with Gasteiger partial charge >= 0.3 is 0 Å². The van der Waals surface area contributed by atoms with E-state index >= 15 is 0 Å².